The number of hydrogen-bond donors (Lipinski definition) is 1. The van der Waals surface area contributed by atoms with Gasteiger partial charge in [-0.2, -0.15) is 0 Å². The van der Waals surface area contributed by atoms with Crippen molar-refractivity contribution in [1.29, 1.82) is 0 Å². The van der Waals surface area contributed by atoms with E-state index in [1.165, 1.54) is 18.4 Å². The number of anilines is 2. The van der Waals surface area contributed by atoms with Crippen molar-refractivity contribution in [3.63, 3.8) is 0 Å². The van der Waals surface area contributed by atoms with Crippen LogP contribution >= 0.6 is 11.3 Å². The fourth-order valence-electron chi connectivity index (χ4n) is 2.61. The van der Waals surface area contributed by atoms with Gasteiger partial charge in [-0.1, -0.05) is 12.1 Å². The Morgan fingerprint density at radius 1 is 1.38 bits per heavy atom. The number of hydrogen-bond acceptors (Lipinski definition) is 5. The Morgan fingerprint density at radius 2 is 2.21 bits per heavy atom. The van der Waals surface area contributed by atoms with Gasteiger partial charge in [0.2, 0.25) is 10.0 Å². The van der Waals surface area contributed by atoms with E-state index < -0.39 is 10.0 Å². The number of carbonyl (C=O) groups is 1. The molecule has 6 nitrogen and oxygen atoms in total. The van der Waals surface area contributed by atoms with Gasteiger partial charge in [-0.3, -0.25) is 9.52 Å². The topological polar surface area (TPSA) is 75.7 Å². The van der Waals surface area contributed by atoms with E-state index in [2.05, 4.69) is 4.72 Å². The molecular formula is C16H18N2O4S2. The van der Waals surface area contributed by atoms with E-state index in [0.29, 0.717) is 17.1 Å². The number of nitrogens with one attached hydrogen (secondary N) is 1. The van der Waals surface area contributed by atoms with Crippen LogP contribution < -0.4 is 9.62 Å². The molecule has 128 valence electrons. The van der Waals surface area contributed by atoms with Gasteiger partial charge in [-0.25, -0.2) is 8.42 Å². The van der Waals surface area contributed by atoms with Crippen LogP contribution in [0.1, 0.15) is 15.2 Å². The zero-order chi connectivity index (χ0) is 17.2. The molecule has 3 rings (SSSR count). The Hall–Kier alpha value is -1.90. The summed E-state index contributed by atoms with van der Waals surface area (Å²) in [5.74, 6) is -0.165. The lowest BCUT2D eigenvalue weighted by Crippen LogP contribution is -2.28. The predicted molar refractivity (Wildman–Crippen MR) is 95.4 cm³/mol. The molecule has 24 heavy (non-hydrogen) atoms. The fourth-order valence-corrected chi connectivity index (χ4v) is 4.26. The second-order valence-electron chi connectivity index (χ2n) is 5.44. The molecular weight excluding hydrogens is 348 g/mol. The average molecular weight is 366 g/mol. The maximum absolute atomic E-state index is 12.6. The predicted octanol–water partition coefficient (Wildman–Crippen LogP) is 2.34. The third kappa shape index (κ3) is 3.61. The fraction of sp³-hybridized carbons (Fsp3) is 0.312. The number of amides is 1. The standard InChI is InChI=1S/C16H18N2O4S2/c1-22-8-10-24(20,21)17-13-5-4-12-6-7-18(14(12)11-13)16(19)15-3-2-9-23-15/h2-5,9,11,17H,6-8,10H2,1H3. The molecule has 1 N–H and O–H groups in total. The number of fused-ring (bicyclic) bond motifs is 1. The summed E-state index contributed by atoms with van der Waals surface area (Å²) in [6, 6.07) is 8.95. The minimum absolute atomic E-state index is 0.0526. The molecule has 0 atom stereocenters. The van der Waals surface area contributed by atoms with Gasteiger partial charge in [0.15, 0.2) is 0 Å². The highest BCUT2D eigenvalue weighted by atomic mass is 32.2. The van der Waals surface area contributed by atoms with Gasteiger partial charge in [0.05, 0.1) is 22.9 Å². The van der Waals surface area contributed by atoms with Crippen LogP contribution in [0.3, 0.4) is 0 Å². The first-order chi connectivity index (χ1) is 11.5. The molecule has 0 aliphatic carbocycles. The van der Waals surface area contributed by atoms with E-state index in [1.807, 2.05) is 17.5 Å². The molecule has 8 heteroatoms. The number of methoxy groups -OCH3 is 1. The highest BCUT2D eigenvalue weighted by Gasteiger charge is 2.26. The molecule has 0 radical (unpaired) electrons. The van der Waals surface area contributed by atoms with Crippen molar-refractivity contribution in [3.05, 3.63) is 46.2 Å². The lowest BCUT2D eigenvalue weighted by Gasteiger charge is -2.17. The van der Waals surface area contributed by atoms with E-state index in [0.717, 1.165) is 17.7 Å². The van der Waals surface area contributed by atoms with Crippen molar-refractivity contribution in [2.45, 2.75) is 6.42 Å². The van der Waals surface area contributed by atoms with Crippen molar-refractivity contribution in [2.24, 2.45) is 0 Å². The Kier molecular flexibility index (Phi) is 4.88. The molecule has 0 bridgehead atoms. The van der Waals surface area contributed by atoms with Crippen LogP contribution in [0.15, 0.2) is 35.7 Å². The summed E-state index contributed by atoms with van der Waals surface area (Å²) in [4.78, 5) is 15.0. The summed E-state index contributed by atoms with van der Waals surface area (Å²) in [5.41, 5.74) is 2.26. The van der Waals surface area contributed by atoms with Crippen molar-refractivity contribution in [2.75, 3.05) is 35.6 Å². The maximum Gasteiger partial charge on any atom is 0.268 e. The zero-order valence-electron chi connectivity index (χ0n) is 13.2. The summed E-state index contributed by atoms with van der Waals surface area (Å²) >= 11 is 1.40. The summed E-state index contributed by atoms with van der Waals surface area (Å²) in [6.45, 7) is 0.731. The lowest BCUT2D eigenvalue weighted by molar-refractivity contribution is 0.0993. The van der Waals surface area contributed by atoms with E-state index in [9.17, 15) is 13.2 Å². The van der Waals surface area contributed by atoms with E-state index >= 15 is 0 Å². The molecule has 2 heterocycles. The maximum atomic E-state index is 12.6. The molecule has 0 unspecified atom stereocenters. The van der Waals surface area contributed by atoms with Crippen molar-refractivity contribution in [3.8, 4) is 0 Å². The second-order valence-corrected chi connectivity index (χ2v) is 8.23. The molecule has 1 aromatic heterocycles. The molecule has 0 saturated carbocycles. The van der Waals surface area contributed by atoms with Crippen LogP contribution in [0.4, 0.5) is 11.4 Å². The van der Waals surface area contributed by atoms with Gasteiger partial charge >= 0.3 is 0 Å². The lowest BCUT2D eigenvalue weighted by atomic mass is 10.1. The minimum Gasteiger partial charge on any atom is -0.384 e. The third-order valence-electron chi connectivity index (χ3n) is 3.79. The summed E-state index contributed by atoms with van der Waals surface area (Å²) in [7, 11) is -2.01. The molecule has 0 fully saturated rings. The van der Waals surface area contributed by atoms with Gasteiger partial charge < -0.3 is 9.64 Å². The number of carbonyl (C=O) groups excluding carboxylic acids is 1. The number of ether oxygens (including phenoxy) is 1. The van der Waals surface area contributed by atoms with Crippen molar-refractivity contribution < 1.29 is 17.9 Å². The van der Waals surface area contributed by atoms with Crippen LogP contribution in [-0.2, 0) is 21.2 Å². The van der Waals surface area contributed by atoms with Crippen LogP contribution in [0.25, 0.3) is 0 Å². The number of benzene rings is 1. The van der Waals surface area contributed by atoms with E-state index in [-0.39, 0.29) is 18.3 Å². The largest absolute Gasteiger partial charge is 0.384 e. The molecule has 1 aliphatic heterocycles. The van der Waals surface area contributed by atoms with Crippen molar-refractivity contribution in [1.82, 2.24) is 0 Å². The summed E-state index contributed by atoms with van der Waals surface area (Å²) in [6.07, 6.45) is 0.767. The number of sulfonamides is 1. The third-order valence-corrected chi connectivity index (χ3v) is 5.90. The Bertz CT molecular complexity index is 832. The Balaban J connectivity index is 1.82. The molecule has 1 amide bonds. The quantitative estimate of drug-likeness (QED) is 0.851. The number of thiophene rings is 1. The highest BCUT2D eigenvalue weighted by Crippen LogP contribution is 2.32. The molecule has 2 aromatic rings. The van der Waals surface area contributed by atoms with E-state index in [4.69, 9.17) is 4.74 Å². The molecule has 1 aromatic carbocycles. The van der Waals surface area contributed by atoms with Gasteiger partial charge in [-0.15, -0.1) is 11.3 Å². The Morgan fingerprint density at radius 3 is 2.92 bits per heavy atom. The molecule has 0 saturated heterocycles. The highest BCUT2D eigenvalue weighted by molar-refractivity contribution is 7.92. The van der Waals surface area contributed by atoms with Gasteiger partial charge in [0.1, 0.15) is 0 Å². The second kappa shape index (κ2) is 6.92. The summed E-state index contributed by atoms with van der Waals surface area (Å²) in [5, 5.41) is 1.87. The monoisotopic (exact) mass is 366 g/mol. The normalized spacial score (nSPS) is 13.8. The molecule has 0 spiro atoms. The first-order valence-electron chi connectivity index (χ1n) is 7.48. The Labute approximate surface area is 145 Å². The molecule has 1 aliphatic rings. The van der Waals surface area contributed by atoms with Gasteiger partial charge in [-0.05, 0) is 35.6 Å². The first kappa shape index (κ1) is 16.9. The van der Waals surface area contributed by atoms with Crippen molar-refractivity contribution >= 4 is 38.6 Å². The van der Waals surface area contributed by atoms with Crippen LogP contribution in [0, 0.1) is 0 Å². The number of nitrogens with zero attached hydrogens (tertiary/aromatic N) is 1. The van der Waals surface area contributed by atoms with E-state index in [1.54, 1.807) is 23.1 Å². The van der Waals surface area contributed by atoms with Gasteiger partial charge in [0.25, 0.3) is 5.91 Å². The summed E-state index contributed by atoms with van der Waals surface area (Å²) < 4.78 is 31.3. The van der Waals surface area contributed by atoms with Crippen LogP contribution in [-0.4, -0.2) is 40.3 Å². The SMILES string of the molecule is COCCS(=O)(=O)Nc1ccc2c(c1)N(C(=O)c1cccs1)CC2. The smallest absolute Gasteiger partial charge is 0.268 e. The average Bonchev–Trinajstić information content (AvgIpc) is 3.21. The zero-order valence-corrected chi connectivity index (χ0v) is 14.8. The number of rotatable bonds is 6. The van der Waals surface area contributed by atoms with Crippen LogP contribution in [0.2, 0.25) is 0 Å². The minimum atomic E-state index is -3.47. The first-order valence-corrected chi connectivity index (χ1v) is 10.0. The van der Waals surface area contributed by atoms with Crippen LogP contribution in [0.5, 0.6) is 0 Å². The van der Waals surface area contributed by atoms with Gasteiger partial charge in [0, 0.05) is 19.3 Å².